The number of hydrogen-bond acceptors (Lipinski definition) is 4. The van der Waals surface area contributed by atoms with E-state index < -0.39 is 12.0 Å². The third-order valence-corrected chi connectivity index (χ3v) is 2.90. The molecule has 0 aliphatic rings. The molecule has 1 unspecified atom stereocenters. The van der Waals surface area contributed by atoms with Crippen LogP contribution in [-0.2, 0) is 4.79 Å². The standard InChI is InChI=1S/C14H17N3O3/c1-9(2)7-10(14(19)20)15-11-8-13(18)17-6-4-3-5-12(17)16-11/h3-6,8-10,15H,7H2,1-2H3,(H,19,20). The van der Waals surface area contributed by atoms with Crippen LogP contribution in [0.2, 0.25) is 0 Å². The summed E-state index contributed by atoms with van der Waals surface area (Å²) < 4.78 is 1.41. The van der Waals surface area contributed by atoms with Gasteiger partial charge in [0.1, 0.15) is 17.5 Å². The second-order valence-corrected chi connectivity index (χ2v) is 5.07. The molecule has 2 aromatic heterocycles. The highest BCUT2D eigenvalue weighted by Gasteiger charge is 2.19. The number of aromatic nitrogens is 2. The number of carbonyl (C=O) groups is 1. The van der Waals surface area contributed by atoms with Crippen LogP contribution in [0.15, 0.2) is 35.3 Å². The third kappa shape index (κ3) is 3.14. The summed E-state index contributed by atoms with van der Waals surface area (Å²) in [7, 11) is 0. The molecule has 0 saturated heterocycles. The molecule has 6 heteroatoms. The Kier molecular flexibility index (Phi) is 4.02. The van der Waals surface area contributed by atoms with Gasteiger partial charge in [0, 0.05) is 12.3 Å². The fourth-order valence-electron chi connectivity index (χ4n) is 2.00. The average molecular weight is 275 g/mol. The molecule has 106 valence electrons. The van der Waals surface area contributed by atoms with Gasteiger partial charge in [-0.2, -0.15) is 0 Å². The number of carboxylic acid groups (broad SMARTS) is 1. The molecule has 0 fully saturated rings. The number of rotatable bonds is 5. The molecule has 20 heavy (non-hydrogen) atoms. The Morgan fingerprint density at radius 2 is 2.20 bits per heavy atom. The largest absolute Gasteiger partial charge is 0.480 e. The van der Waals surface area contributed by atoms with E-state index in [1.807, 2.05) is 13.8 Å². The van der Waals surface area contributed by atoms with Crippen molar-refractivity contribution in [2.45, 2.75) is 26.3 Å². The Morgan fingerprint density at radius 3 is 2.85 bits per heavy atom. The van der Waals surface area contributed by atoms with Crippen molar-refractivity contribution in [2.75, 3.05) is 5.32 Å². The first-order valence-electron chi connectivity index (χ1n) is 6.45. The van der Waals surface area contributed by atoms with E-state index in [1.54, 1.807) is 24.4 Å². The molecule has 0 aromatic carbocycles. The van der Waals surface area contributed by atoms with Gasteiger partial charge in [-0.15, -0.1) is 0 Å². The van der Waals surface area contributed by atoms with Crippen molar-refractivity contribution in [1.82, 2.24) is 9.38 Å². The second-order valence-electron chi connectivity index (χ2n) is 5.07. The Hall–Kier alpha value is -2.37. The Labute approximate surface area is 116 Å². The van der Waals surface area contributed by atoms with Crippen molar-refractivity contribution in [1.29, 1.82) is 0 Å². The Morgan fingerprint density at radius 1 is 1.45 bits per heavy atom. The molecule has 0 amide bonds. The molecule has 6 nitrogen and oxygen atoms in total. The molecule has 0 radical (unpaired) electrons. The lowest BCUT2D eigenvalue weighted by atomic mass is 10.0. The number of nitrogens with zero attached hydrogens (tertiary/aromatic N) is 2. The highest BCUT2D eigenvalue weighted by molar-refractivity contribution is 5.76. The molecular formula is C14H17N3O3. The summed E-state index contributed by atoms with van der Waals surface area (Å²) in [5.74, 6) is -0.437. The van der Waals surface area contributed by atoms with Crippen LogP contribution >= 0.6 is 0 Å². The van der Waals surface area contributed by atoms with Crippen molar-refractivity contribution in [3.63, 3.8) is 0 Å². The second kappa shape index (κ2) is 5.73. The summed E-state index contributed by atoms with van der Waals surface area (Å²) >= 11 is 0. The first kappa shape index (κ1) is 14.0. The van der Waals surface area contributed by atoms with Crippen LogP contribution in [0, 0.1) is 5.92 Å². The lowest BCUT2D eigenvalue weighted by Gasteiger charge is -2.17. The van der Waals surface area contributed by atoms with Crippen LogP contribution in [0.25, 0.3) is 5.65 Å². The van der Waals surface area contributed by atoms with Crippen molar-refractivity contribution < 1.29 is 9.90 Å². The number of carboxylic acids is 1. The molecule has 2 N–H and O–H groups in total. The van der Waals surface area contributed by atoms with Crippen LogP contribution in [-0.4, -0.2) is 26.5 Å². The first-order chi connectivity index (χ1) is 9.47. The Bertz CT molecular complexity index is 679. The number of anilines is 1. The quantitative estimate of drug-likeness (QED) is 0.866. The van der Waals surface area contributed by atoms with Crippen LogP contribution in [0.5, 0.6) is 0 Å². The van der Waals surface area contributed by atoms with E-state index in [-0.39, 0.29) is 17.3 Å². The van der Waals surface area contributed by atoms with Gasteiger partial charge < -0.3 is 10.4 Å². The molecule has 2 rings (SSSR count). The van der Waals surface area contributed by atoms with Gasteiger partial charge in [0.15, 0.2) is 0 Å². The van der Waals surface area contributed by atoms with E-state index in [0.29, 0.717) is 12.1 Å². The fourth-order valence-corrected chi connectivity index (χ4v) is 2.00. The summed E-state index contributed by atoms with van der Waals surface area (Å²) in [6.07, 6.45) is 2.09. The molecule has 0 aliphatic heterocycles. The molecule has 0 aliphatic carbocycles. The summed E-state index contributed by atoms with van der Waals surface area (Å²) in [5.41, 5.74) is 0.239. The van der Waals surface area contributed by atoms with E-state index >= 15 is 0 Å². The van der Waals surface area contributed by atoms with E-state index in [0.717, 1.165) is 0 Å². The average Bonchev–Trinajstić information content (AvgIpc) is 2.37. The lowest BCUT2D eigenvalue weighted by Crippen LogP contribution is -2.32. The molecule has 0 spiro atoms. The normalized spacial score (nSPS) is 12.6. The molecular weight excluding hydrogens is 258 g/mol. The molecule has 2 aromatic rings. The van der Waals surface area contributed by atoms with Gasteiger partial charge >= 0.3 is 5.97 Å². The summed E-state index contributed by atoms with van der Waals surface area (Å²) in [4.78, 5) is 27.4. The van der Waals surface area contributed by atoms with Gasteiger partial charge in [-0.1, -0.05) is 19.9 Å². The minimum atomic E-state index is -0.950. The molecule has 0 saturated carbocycles. The molecule has 0 bridgehead atoms. The number of nitrogens with one attached hydrogen (secondary N) is 1. The van der Waals surface area contributed by atoms with Crippen molar-refractivity contribution in [3.8, 4) is 0 Å². The summed E-state index contributed by atoms with van der Waals surface area (Å²) in [5, 5.41) is 12.0. The lowest BCUT2D eigenvalue weighted by molar-refractivity contribution is -0.138. The van der Waals surface area contributed by atoms with Gasteiger partial charge in [0.2, 0.25) is 0 Å². The number of pyridine rings is 1. The zero-order valence-electron chi connectivity index (χ0n) is 11.4. The molecule has 2 heterocycles. The van der Waals surface area contributed by atoms with Crippen LogP contribution in [0.1, 0.15) is 20.3 Å². The summed E-state index contributed by atoms with van der Waals surface area (Å²) in [6, 6.07) is 5.76. The van der Waals surface area contributed by atoms with Gasteiger partial charge in [0.25, 0.3) is 5.56 Å². The van der Waals surface area contributed by atoms with E-state index in [1.165, 1.54) is 10.5 Å². The number of hydrogen-bond donors (Lipinski definition) is 2. The highest BCUT2D eigenvalue weighted by Crippen LogP contribution is 2.11. The van der Waals surface area contributed by atoms with Crippen LogP contribution in [0.4, 0.5) is 5.82 Å². The Balaban J connectivity index is 2.33. The van der Waals surface area contributed by atoms with Gasteiger partial charge in [0.05, 0.1) is 0 Å². The maximum Gasteiger partial charge on any atom is 0.326 e. The fraction of sp³-hybridized carbons (Fsp3) is 0.357. The predicted molar refractivity (Wildman–Crippen MR) is 76.0 cm³/mol. The summed E-state index contributed by atoms with van der Waals surface area (Å²) in [6.45, 7) is 3.89. The van der Waals surface area contributed by atoms with Crippen LogP contribution in [0.3, 0.4) is 0 Å². The number of fused-ring (bicyclic) bond motifs is 1. The first-order valence-corrected chi connectivity index (χ1v) is 6.45. The maximum atomic E-state index is 11.9. The third-order valence-electron chi connectivity index (χ3n) is 2.90. The van der Waals surface area contributed by atoms with Crippen molar-refractivity contribution >= 4 is 17.4 Å². The predicted octanol–water partition coefficient (Wildman–Crippen LogP) is 1.61. The maximum absolute atomic E-state index is 11.9. The van der Waals surface area contributed by atoms with Crippen molar-refractivity contribution in [2.24, 2.45) is 5.92 Å². The van der Waals surface area contributed by atoms with E-state index in [9.17, 15) is 14.7 Å². The zero-order valence-corrected chi connectivity index (χ0v) is 11.4. The number of aliphatic carboxylic acids is 1. The SMILES string of the molecule is CC(C)CC(Nc1cc(=O)n2ccccc2n1)C(=O)O. The minimum absolute atomic E-state index is 0.227. The monoisotopic (exact) mass is 275 g/mol. The highest BCUT2D eigenvalue weighted by atomic mass is 16.4. The zero-order chi connectivity index (χ0) is 14.7. The smallest absolute Gasteiger partial charge is 0.326 e. The van der Waals surface area contributed by atoms with Gasteiger partial charge in [-0.25, -0.2) is 9.78 Å². The topological polar surface area (TPSA) is 83.7 Å². The van der Waals surface area contributed by atoms with Crippen LogP contribution < -0.4 is 10.9 Å². The van der Waals surface area contributed by atoms with E-state index in [4.69, 9.17) is 0 Å². The molecule has 1 atom stereocenters. The van der Waals surface area contributed by atoms with Gasteiger partial charge in [-0.3, -0.25) is 9.20 Å². The van der Waals surface area contributed by atoms with Gasteiger partial charge in [-0.05, 0) is 24.5 Å². The van der Waals surface area contributed by atoms with E-state index in [2.05, 4.69) is 10.3 Å². The minimum Gasteiger partial charge on any atom is -0.480 e. The van der Waals surface area contributed by atoms with Crippen molar-refractivity contribution in [3.05, 3.63) is 40.8 Å².